The first-order chi connectivity index (χ1) is 11.6. The van der Waals surface area contributed by atoms with Crippen LogP contribution >= 0.6 is 0 Å². The highest BCUT2D eigenvalue weighted by Crippen LogP contribution is 2.33. The molecule has 0 saturated carbocycles. The summed E-state index contributed by atoms with van der Waals surface area (Å²) in [6.07, 6.45) is 0.553. The van der Waals surface area contributed by atoms with Gasteiger partial charge in [0.05, 0.1) is 18.5 Å². The molecule has 0 atom stereocenters. The number of anilines is 1. The molecule has 3 N–H and O–H groups in total. The molecular formula is C17H15N3O4. The molecule has 0 aliphatic heterocycles. The van der Waals surface area contributed by atoms with Crippen molar-refractivity contribution in [1.82, 2.24) is 9.78 Å². The molecule has 1 amide bonds. The Morgan fingerprint density at radius 1 is 1.12 bits per heavy atom. The van der Waals surface area contributed by atoms with Gasteiger partial charge in [0.1, 0.15) is 23.1 Å². The van der Waals surface area contributed by atoms with Gasteiger partial charge in [-0.15, -0.1) is 0 Å². The van der Waals surface area contributed by atoms with Crippen molar-refractivity contribution in [2.24, 2.45) is 0 Å². The number of hydrogen-bond acceptors (Lipinski definition) is 5. The number of rotatable bonds is 5. The van der Waals surface area contributed by atoms with Crippen LogP contribution < -0.4 is 10.1 Å². The maximum absolute atomic E-state index is 10.9. The van der Waals surface area contributed by atoms with Crippen molar-refractivity contribution in [3.63, 3.8) is 0 Å². The summed E-state index contributed by atoms with van der Waals surface area (Å²) in [7, 11) is 1.58. The summed E-state index contributed by atoms with van der Waals surface area (Å²) in [5, 5.41) is 26.4. The Balaban J connectivity index is 2.08. The predicted molar refractivity (Wildman–Crippen MR) is 88.6 cm³/mol. The second-order valence-electron chi connectivity index (χ2n) is 4.99. The lowest BCUT2D eigenvalue weighted by atomic mass is 10.1. The fourth-order valence-corrected chi connectivity index (χ4v) is 2.33. The molecule has 0 bridgehead atoms. The van der Waals surface area contributed by atoms with Gasteiger partial charge in [-0.25, -0.2) is 4.68 Å². The lowest BCUT2D eigenvalue weighted by Crippen LogP contribution is -2.04. The number of carbonyl (C=O) groups is 1. The zero-order valence-electron chi connectivity index (χ0n) is 12.8. The molecule has 1 aromatic heterocycles. The summed E-state index contributed by atoms with van der Waals surface area (Å²) in [5.41, 5.74) is 1.60. The lowest BCUT2D eigenvalue weighted by molar-refractivity contribution is -0.105. The molecule has 24 heavy (non-hydrogen) atoms. The Bertz CT molecular complexity index is 872. The van der Waals surface area contributed by atoms with Gasteiger partial charge >= 0.3 is 0 Å². The number of phenolic OH excluding ortho intramolecular Hbond substituents is 2. The molecule has 3 rings (SSSR count). The van der Waals surface area contributed by atoms with Crippen LogP contribution in [-0.2, 0) is 4.79 Å². The minimum atomic E-state index is -0.105. The highest BCUT2D eigenvalue weighted by molar-refractivity contribution is 5.76. The van der Waals surface area contributed by atoms with E-state index in [1.807, 2.05) is 0 Å². The van der Waals surface area contributed by atoms with E-state index in [0.29, 0.717) is 34.9 Å². The van der Waals surface area contributed by atoms with Crippen molar-refractivity contribution in [2.45, 2.75) is 0 Å². The molecular weight excluding hydrogens is 310 g/mol. The third kappa shape index (κ3) is 2.87. The monoisotopic (exact) mass is 325 g/mol. The van der Waals surface area contributed by atoms with Crippen LogP contribution in [0.25, 0.3) is 16.9 Å². The van der Waals surface area contributed by atoms with Gasteiger partial charge in [-0.05, 0) is 36.4 Å². The van der Waals surface area contributed by atoms with Gasteiger partial charge < -0.3 is 20.3 Å². The molecule has 7 nitrogen and oxygen atoms in total. The van der Waals surface area contributed by atoms with E-state index in [4.69, 9.17) is 4.74 Å². The SMILES string of the molecule is COc1ccc(-n2nc(-c3ccc(O)cc3O)cc2NC=O)cc1. The highest BCUT2D eigenvalue weighted by Gasteiger charge is 2.14. The number of carbonyl (C=O) groups excluding carboxylic acids is 1. The van der Waals surface area contributed by atoms with Gasteiger partial charge in [0.15, 0.2) is 0 Å². The van der Waals surface area contributed by atoms with Gasteiger partial charge in [-0.3, -0.25) is 4.79 Å². The van der Waals surface area contributed by atoms with E-state index in [9.17, 15) is 15.0 Å². The third-order valence-corrected chi connectivity index (χ3v) is 3.49. The summed E-state index contributed by atoms with van der Waals surface area (Å²) < 4.78 is 6.66. The Morgan fingerprint density at radius 2 is 1.88 bits per heavy atom. The first-order valence-electron chi connectivity index (χ1n) is 7.09. The second kappa shape index (κ2) is 6.33. The van der Waals surface area contributed by atoms with E-state index < -0.39 is 0 Å². The van der Waals surface area contributed by atoms with Crippen molar-refractivity contribution in [3.8, 4) is 34.2 Å². The first kappa shape index (κ1) is 15.4. The number of ether oxygens (including phenoxy) is 1. The third-order valence-electron chi connectivity index (χ3n) is 3.49. The van der Waals surface area contributed by atoms with Crippen LogP contribution in [0.15, 0.2) is 48.5 Å². The number of nitrogens with one attached hydrogen (secondary N) is 1. The average molecular weight is 325 g/mol. The normalized spacial score (nSPS) is 10.4. The molecule has 0 aliphatic rings. The zero-order chi connectivity index (χ0) is 17.1. The molecule has 7 heteroatoms. The fourth-order valence-electron chi connectivity index (χ4n) is 2.33. The van der Waals surface area contributed by atoms with Crippen LogP contribution in [0.3, 0.4) is 0 Å². The van der Waals surface area contributed by atoms with Gasteiger partial charge in [-0.2, -0.15) is 5.10 Å². The van der Waals surface area contributed by atoms with Crippen molar-refractivity contribution in [1.29, 1.82) is 0 Å². The maximum Gasteiger partial charge on any atom is 0.212 e. The first-order valence-corrected chi connectivity index (χ1v) is 7.09. The smallest absolute Gasteiger partial charge is 0.212 e. The van der Waals surface area contributed by atoms with E-state index >= 15 is 0 Å². The summed E-state index contributed by atoms with van der Waals surface area (Å²) >= 11 is 0. The Morgan fingerprint density at radius 3 is 2.50 bits per heavy atom. The van der Waals surface area contributed by atoms with E-state index in [1.54, 1.807) is 43.5 Å². The highest BCUT2D eigenvalue weighted by atomic mass is 16.5. The Kier molecular flexibility index (Phi) is 4.07. The van der Waals surface area contributed by atoms with Crippen LogP contribution in [0, 0.1) is 0 Å². The number of aromatic hydroxyl groups is 2. The number of methoxy groups -OCH3 is 1. The quantitative estimate of drug-likeness (QED) is 0.626. The van der Waals surface area contributed by atoms with Crippen LogP contribution in [0.2, 0.25) is 0 Å². The van der Waals surface area contributed by atoms with Crippen molar-refractivity contribution in [2.75, 3.05) is 12.4 Å². The molecule has 0 saturated heterocycles. The number of phenols is 2. The molecule has 2 aromatic carbocycles. The minimum Gasteiger partial charge on any atom is -0.508 e. The molecule has 0 unspecified atom stereocenters. The maximum atomic E-state index is 10.9. The fraction of sp³-hybridized carbons (Fsp3) is 0.0588. The summed E-state index contributed by atoms with van der Waals surface area (Å²) in [6.45, 7) is 0. The second-order valence-corrected chi connectivity index (χ2v) is 4.99. The topological polar surface area (TPSA) is 96.6 Å². The summed E-state index contributed by atoms with van der Waals surface area (Å²) in [6, 6.07) is 13.0. The number of aromatic nitrogens is 2. The molecule has 122 valence electrons. The van der Waals surface area contributed by atoms with Gasteiger partial charge in [-0.1, -0.05) is 0 Å². The van der Waals surface area contributed by atoms with Crippen LogP contribution in [-0.4, -0.2) is 33.5 Å². The number of nitrogens with zero attached hydrogens (tertiary/aromatic N) is 2. The average Bonchev–Trinajstić information content (AvgIpc) is 2.99. The molecule has 0 radical (unpaired) electrons. The predicted octanol–water partition coefficient (Wildman–Crippen LogP) is 2.53. The number of hydrogen-bond donors (Lipinski definition) is 3. The standard InChI is InChI=1S/C17H15N3O4/c1-24-13-5-2-11(3-6-13)20-17(18-10-21)9-15(19-20)14-7-4-12(22)8-16(14)23/h2-10,22-23H,1H3,(H,18,21). The van der Waals surface area contributed by atoms with Gasteiger partial charge in [0.25, 0.3) is 0 Å². The van der Waals surface area contributed by atoms with Gasteiger partial charge in [0.2, 0.25) is 6.41 Å². The molecule has 0 fully saturated rings. The molecule has 0 spiro atoms. The molecule has 0 aliphatic carbocycles. The number of amides is 1. The largest absolute Gasteiger partial charge is 0.508 e. The van der Waals surface area contributed by atoms with E-state index in [2.05, 4.69) is 10.4 Å². The van der Waals surface area contributed by atoms with E-state index in [-0.39, 0.29) is 11.5 Å². The molecule has 3 aromatic rings. The minimum absolute atomic E-state index is 0.0444. The van der Waals surface area contributed by atoms with E-state index in [0.717, 1.165) is 0 Å². The summed E-state index contributed by atoms with van der Waals surface area (Å²) in [4.78, 5) is 10.9. The van der Waals surface area contributed by atoms with Crippen LogP contribution in [0.5, 0.6) is 17.2 Å². The van der Waals surface area contributed by atoms with Crippen molar-refractivity contribution >= 4 is 12.2 Å². The van der Waals surface area contributed by atoms with E-state index in [1.165, 1.54) is 16.8 Å². The Hall–Kier alpha value is -3.48. The van der Waals surface area contributed by atoms with Gasteiger partial charge in [0, 0.05) is 17.7 Å². The van der Waals surface area contributed by atoms with Crippen LogP contribution in [0.1, 0.15) is 0 Å². The van der Waals surface area contributed by atoms with Crippen molar-refractivity contribution < 1.29 is 19.7 Å². The Labute approximate surface area is 137 Å². The summed E-state index contributed by atoms with van der Waals surface area (Å²) in [5.74, 6) is 0.994. The van der Waals surface area contributed by atoms with Crippen LogP contribution in [0.4, 0.5) is 5.82 Å². The van der Waals surface area contributed by atoms with Crippen molar-refractivity contribution in [3.05, 3.63) is 48.5 Å². The molecule has 1 heterocycles. The lowest BCUT2D eigenvalue weighted by Gasteiger charge is -2.07. The zero-order valence-corrected chi connectivity index (χ0v) is 12.8. The number of benzene rings is 2.